The Labute approximate surface area is 113 Å². The van der Waals surface area contributed by atoms with E-state index in [1.807, 2.05) is 19.1 Å². The van der Waals surface area contributed by atoms with E-state index in [0.717, 1.165) is 17.6 Å². The highest BCUT2D eigenvalue weighted by Crippen LogP contribution is 2.24. The molecular weight excluding hydrogens is 240 g/mol. The minimum absolute atomic E-state index is 0.0926. The van der Waals surface area contributed by atoms with Crippen molar-refractivity contribution in [2.45, 2.75) is 19.4 Å². The van der Waals surface area contributed by atoms with Crippen LogP contribution >= 0.6 is 0 Å². The van der Waals surface area contributed by atoms with Crippen LogP contribution in [0.4, 0.5) is 0 Å². The molecule has 0 aliphatic carbocycles. The van der Waals surface area contributed by atoms with Crippen molar-refractivity contribution >= 4 is 12.1 Å². The Morgan fingerprint density at radius 3 is 3.21 bits per heavy atom. The van der Waals surface area contributed by atoms with E-state index >= 15 is 0 Å². The molecule has 100 valence electrons. The zero-order chi connectivity index (χ0) is 13.7. The van der Waals surface area contributed by atoms with Gasteiger partial charge in [0.15, 0.2) is 5.76 Å². The molecule has 4 nitrogen and oxygen atoms in total. The molecule has 2 aliphatic heterocycles. The molecule has 0 saturated heterocycles. The summed E-state index contributed by atoms with van der Waals surface area (Å²) in [5.74, 6) is 0.206. The fourth-order valence-electron chi connectivity index (χ4n) is 1.98. The number of aliphatic imine (C=N–C) groups is 1. The summed E-state index contributed by atoms with van der Waals surface area (Å²) < 4.78 is 5.57. The summed E-state index contributed by atoms with van der Waals surface area (Å²) in [5.41, 5.74) is 2.13. The average molecular weight is 258 g/mol. The van der Waals surface area contributed by atoms with E-state index < -0.39 is 0 Å². The van der Waals surface area contributed by atoms with Crippen molar-refractivity contribution in [1.29, 1.82) is 0 Å². The van der Waals surface area contributed by atoms with Gasteiger partial charge in [-0.25, -0.2) is 0 Å². The number of amides is 1. The number of nitrogens with one attached hydrogen (secondary N) is 1. The molecule has 2 rings (SSSR count). The van der Waals surface area contributed by atoms with Crippen molar-refractivity contribution < 1.29 is 9.53 Å². The summed E-state index contributed by atoms with van der Waals surface area (Å²) in [4.78, 5) is 16.0. The predicted molar refractivity (Wildman–Crippen MR) is 76.0 cm³/mol. The van der Waals surface area contributed by atoms with Gasteiger partial charge in [0.05, 0.1) is 6.54 Å². The Kier molecular flexibility index (Phi) is 4.34. The Hall–Kier alpha value is -2.10. The van der Waals surface area contributed by atoms with E-state index in [1.165, 1.54) is 0 Å². The lowest BCUT2D eigenvalue weighted by molar-refractivity contribution is -0.121. The molecule has 0 aromatic rings. The molecule has 0 fully saturated rings. The van der Waals surface area contributed by atoms with E-state index in [9.17, 15) is 4.79 Å². The van der Waals surface area contributed by atoms with E-state index in [0.29, 0.717) is 18.8 Å². The summed E-state index contributed by atoms with van der Waals surface area (Å²) in [5, 5.41) is 2.84. The van der Waals surface area contributed by atoms with Gasteiger partial charge in [0, 0.05) is 12.8 Å². The average Bonchev–Trinajstić information content (AvgIpc) is 2.87. The van der Waals surface area contributed by atoms with Crippen LogP contribution in [0.1, 0.15) is 13.3 Å². The normalized spacial score (nSPS) is 21.1. The monoisotopic (exact) mass is 258 g/mol. The smallest absolute Gasteiger partial charge is 0.286 e. The van der Waals surface area contributed by atoms with E-state index in [4.69, 9.17) is 4.74 Å². The SMILES string of the molecule is C=CC(=CC)CCNC(=O)C1=CC2=CC=NCC2O1. The quantitative estimate of drug-likeness (QED) is 0.766. The molecule has 0 spiro atoms. The molecule has 0 radical (unpaired) electrons. The van der Waals surface area contributed by atoms with Gasteiger partial charge in [0.2, 0.25) is 0 Å². The van der Waals surface area contributed by atoms with Gasteiger partial charge in [-0.05, 0) is 31.1 Å². The zero-order valence-corrected chi connectivity index (χ0v) is 11.1. The van der Waals surface area contributed by atoms with Crippen LogP contribution in [-0.2, 0) is 9.53 Å². The Morgan fingerprint density at radius 1 is 1.68 bits per heavy atom. The number of ether oxygens (including phenoxy) is 1. The number of fused-ring (bicyclic) bond motifs is 1. The second-order valence-corrected chi connectivity index (χ2v) is 4.37. The van der Waals surface area contributed by atoms with Crippen LogP contribution in [0.3, 0.4) is 0 Å². The molecule has 0 bridgehead atoms. The second kappa shape index (κ2) is 6.18. The highest BCUT2D eigenvalue weighted by molar-refractivity contribution is 5.93. The first-order chi connectivity index (χ1) is 9.24. The first-order valence-corrected chi connectivity index (χ1v) is 6.38. The molecule has 19 heavy (non-hydrogen) atoms. The number of allylic oxidation sites excluding steroid dienone is 3. The lowest BCUT2D eigenvalue weighted by atomic mass is 10.1. The highest BCUT2D eigenvalue weighted by atomic mass is 16.5. The third kappa shape index (κ3) is 3.22. The number of carbonyl (C=O) groups is 1. The number of hydrogen-bond acceptors (Lipinski definition) is 3. The summed E-state index contributed by atoms with van der Waals surface area (Å²) in [6, 6.07) is 0. The van der Waals surface area contributed by atoms with Crippen LogP contribution in [0.5, 0.6) is 0 Å². The van der Waals surface area contributed by atoms with Crippen molar-refractivity contribution in [2.75, 3.05) is 13.1 Å². The highest BCUT2D eigenvalue weighted by Gasteiger charge is 2.27. The van der Waals surface area contributed by atoms with Crippen molar-refractivity contribution in [3.05, 3.63) is 47.8 Å². The summed E-state index contributed by atoms with van der Waals surface area (Å²) in [6.45, 7) is 6.83. The molecule has 1 unspecified atom stereocenters. The number of rotatable bonds is 5. The van der Waals surface area contributed by atoms with Crippen molar-refractivity contribution in [2.24, 2.45) is 4.99 Å². The van der Waals surface area contributed by atoms with Crippen LogP contribution in [0.2, 0.25) is 0 Å². The van der Waals surface area contributed by atoms with Gasteiger partial charge in [-0.15, -0.1) is 0 Å². The molecular formula is C15H18N2O2. The maximum absolute atomic E-state index is 11.9. The minimum Gasteiger partial charge on any atom is -0.478 e. The van der Waals surface area contributed by atoms with Crippen LogP contribution < -0.4 is 5.32 Å². The van der Waals surface area contributed by atoms with E-state index in [-0.39, 0.29) is 12.0 Å². The maximum atomic E-state index is 11.9. The lowest BCUT2D eigenvalue weighted by Gasteiger charge is -2.13. The largest absolute Gasteiger partial charge is 0.478 e. The van der Waals surface area contributed by atoms with Gasteiger partial charge >= 0.3 is 0 Å². The maximum Gasteiger partial charge on any atom is 0.286 e. The van der Waals surface area contributed by atoms with Crippen LogP contribution in [0, 0.1) is 0 Å². The predicted octanol–water partition coefficient (Wildman–Crippen LogP) is 1.92. The number of dihydropyridines is 1. The molecule has 2 aliphatic rings. The van der Waals surface area contributed by atoms with Gasteiger partial charge in [-0.2, -0.15) is 0 Å². The van der Waals surface area contributed by atoms with Gasteiger partial charge < -0.3 is 10.1 Å². The number of carbonyl (C=O) groups excluding carboxylic acids is 1. The lowest BCUT2D eigenvalue weighted by Crippen LogP contribution is -2.27. The molecule has 0 aromatic heterocycles. The van der Waals surface area contributed by atoms with Gasteiger partial charge in [0.25, 0.3) is 5.91 Å². The molecule has 0 aromatic carbocycles. The van der Waals surface area contributed by atoms with Crippen molar-refractivity contribution in [3.8, 4) is 0 Å². The Morgan fingerprint density at radius 2 is 2.53 bits per heavy atom. The molecule has 1 amide bonds. The second-order valence-electron chi connectivity index (χ2n) is 4.37. The topological polar surface area (TPSA) is 50.7 Å². The molecule has 1 N–H and O–H groups in total. The van der Waals surface area contributed by atoms with Crippen LogP contribution in [-0.4, -0.2) is 31.3 Å². The first-order valence-electron chi connectivity index (χ1n) is 6.38. The first kappa shape index (κ1) is 13.3. The van der Waals surface area contributed by atoms with Crippen molar-refractivity contribution in [3.63, 3.8) is 0 Å². The van der Waals surface area contributed by atoms with Crippen LogP contribution in [0.25, 0.3) is 0 Å². The molecule has 2 heterocycles. The number of hydrogen-bond donors (Lipinski definition) is 1. The van der Waals surface area contributed by atoms with Gasteiger partial charge in [-0.1, -0.05) is 24.3 Å². The summed E-state index contributed by atoms with van der Waals surface area (Å²) in [7, 11) is 0. The molecule has 0 saturated carbocycles. The summed E-state index contributed by atoms with van der Waals surface area (Å²) in [6.07, 6.45) is 9.88. The zero-order valence-electron chi connectivity index (χ0n) is 11.1. The number of nitrogens with zero attached hydrogens (tertiary/aromatic N) is 1. The minimum atomic E-state index is -0.171. The standard InChI is InChI=1S/C15H18N2O2/c1-3-11(4-2)5-8-17-15(18)13-9-12-6-7-16-10-14(12)19-13/h3-4,6-7,9,14H,1,5,8,10H2,2H3,(H,17,18). The van der Waals surface area contributed by atoms with E-state index in [1.54, 1.807) is 18.4 Å². The van der Waals surface area contributed by atoms with Crippen molar-refractivity contribution in [1.82, 2.24) is 5.32 Å². The van der Waals surface area contributed by atoms with Gasteiger partial charge in [0.1, 0.15) is 6.10 Å². The van der Waals surface area contributed by atoms with Crippen LogP contribution in [0.15, 0.2) is 52.8 Å². The fourth-order valence-corrected chi connectivity index (χ4v) is 1.98. The van der Waals surface area contributed by atoms with E-state index in [2.05, 4.69) is 16.9 Å². The summed E-state index contributed by atoms with van der Waals surface area (Å²) >= 11 is 0. The molecule has 1 atom stereocenters. The Bertz CT molecular complexity index is 498. The fraction of sp³-hybridized carbons (Fsp3) is 0.333. The molecule has 4 heteroatoms. The van der Waals surface area contributed by atoms with Gasteiger partial charge in [-0.3, -0.25) is 9.79 Å². The third-order valence-corrected chi connectivity index (χ3v) is 3.14. The Balaban J connectivity index is 1.85. The third-order valence-electron chi connectivity index (χ3n) is 3.14.